The summed E-state index contributed by atoms with van der Waals surface area (Å²) in [6.45, 7) is 5.94. The Bertz CT molecular complexity index is 447. The minimum absolute atomic E-state index is 0.0493. The van der Waals surface area contributed by atoms with Crippen LogP contribution < -0.4 is 5.32 Å². The van der Waals surface area contributed by atoms with E-state index >= 15 is 0 Å². The van der Waals surface area contributed by atoms with E-state index in [1.807, 2.05) is 11.8 Å². The van der Waals surface area contributed by atoms with Crippen molar-refractivity contribution in [3.05, 3.63) is 10.6 Å². The van der Waals surface area contributed by atoms with Gasteiger partial charge >= 0.3 is 6.03 Å². The first kappa shape index (κ1) is 14.3. The maximum atomic E-state index is 12.0. The van der Waals surface area contributed by atoms with E-state index in [1.165, 1.54) is 11.3 Å². The minimum atomic E-state index is -0.0493. The molecule has 0 aromatic carbocycles. The van der Waals surface area contributed by atoms with Crippen LogP contribution in [0.15, 0.2) is 0 Å². The lowest BCUT2D eigenvalue weighted by molar-refractivity contribution is 0.221. The van der Waals surface area contributed by atoms with Gasteiger partial charge < -0.3 is 10.0 Å². The van der Waals surface area contributed by atoms with Gasteiger partial charge in [-0.25, -0.2) is 9.78 Å². The van der Waals surface area contributed by atoms with Crippen molar-refractivity contribution in [2.24, 2.45) is 5.92 Å². The van der Waals surface area contributed by atoms with Gasteiger partial charge in [0.15, 0.2) is 5.13 Å². The van der Waals surface area contributed by atoms with Crippen LogP contribution in [0.2, 0.25) is 0 Å². The summed E-state index contributed by atoms with van der Waals surface area (Å²) in [5, 5.41) is 12.4. The van der Waals surface area contributed by atoms with Crippen molar-refractivity contribution >= 4 is 22.5 Å². The number of aryl methyl sites for hydroxylation is 2. The van der Waals surface area contributed by atoms with E-state index in [4.69, 9.17) is 5.11 Å². The van der Waals surface area contributed by atoms with Gasteiger partial charge in [-0.3, -0.25) is 5.32 Å². The van der Waals surface area contributed by atoms with Crippen molar-refractivity contribution < 1.29 is 9.90 Å². The fraction of sp³-hybridized carbons (Fsp3) is 0.692. The van der Waals surface area contributed by atoms with E-state index in [-0.39, 0.29) is 12.6 Å². The molecule has 1 aliphatic rings. The number of rotatable bonds is 4. The molecule has 0 saturated carbocycles. The molecule has 0 spiro atoms. The zero-order valence-electron chi connectivity index (χ0n) is 11.5. The molecule has 1 atom stereocenters. The Labute approximate surface area is 117 Å². The Hall–Kier alpha value is -1.14. The smallest absolute Gasteiger partial charge is 0.323 e. The van der Waals surface area contributed by atoms with E-state index in [9.17, 15) is 4.79 Å². The Kier molecular flexibility index (Phi) is 4.76. The minimum Gasteiger partial charge on any atom is -0.396 e. The maximum absolute atomic E-state index is 12.0. The normalized spacial score (nSPS) is 18.9. The first-order valence-electron chi connectivity index (χ1n) is 6.73. The molecular weight excluding hydrogens is 262 g/mol. The van der Waals surface area contributed by atoms with Crippen molar-refractivity contribution in [3.63, 3.8) is 0 Å². The van der Waals surface area contributed by atoms with Crippen LogP contribution in [0.5, 0.6) is 0 Å². The summed E-state index contributed by atoms with van der Waals surface area (Å²) >= 11 is 1.51. The second-order valence-electron chi connectivity index (χ2n) is 5.12. The van der Waals surface area contributed by atoms with E-state index in [2.05, 4.69) is 17.2 Å². The highest BCUT2D eigenvalue weighted by Crippen LogP contribution is 2.25. The molecule has 0 unspecified atom stereocenters. The second-order valence-corrected chi connectivity index (χ2v) is 6.21. The number of anilines is 1. The van der Waals surface area contributed by atoms with Gasteiger partial charge in [0.2, 0.25) is 0 Å². The van der Waals surface area contributed by atoms with Crippen LogP contribution in [0.25, 0.3) is 0 Å². The number of aliphatic hydroxyl groups excluding tert-OH is 1. The molecule has 106 valence electrons. The van der Waals surface area contributed by atoms with Crippen LogP contribution in [-0.2, 0) is 6.42 Å². The SMILES string of the molecule is Cc1nc(NC(=O)N2CC[C@H](C)C2)sc1CCCO. The van der Waals surface area contributed by atoms with Gasteiger partial charge in [-0.2, -0.15) is 0 Å². The quantitative estimate of drug-likeness (QED) is 0.890. The number of thiazole rings is 1. The topological polar surface area (TPSA) is 65.5 Å². The van der Waals surface area contributed by atoms with Gasteiger partial charge in [-0.1, -0.05) is 6.92 Å². The molecule has 0 aliphatic carbocycles. The summed E-state index contributed by atoms with van der Waals surface area (Å²) in [6, 6.07) is -0.0493. The molecule has 2 amide bonds. The van der Waals surface area contributed by atoms with E-state index in [0.717, 1.165) is 42.9 Å². The predicted molar refractivity (Wildman–Crippen MR) is 76.6 cm³/mol. The monoisotopic (exact) mass is 283 g/mol. The molecule has 6 heteroatoms. The van der Waals surface area contributed by atoms with Crippen LogP contribution >= 0.6 is 11.3 Å². The van der Waals surface area contributed by atoms with Gasteiger partial charge in [0.25, 0.3) is 0 Å². The predicted octanol–water partition coefficient (Wildman–Crippen LogP) is 2.25. The van der Waals surface area contributed by atoms with Gasteiger partial charge in [0, 0.05) is 24.6 Å². The number of urea groups is 1. The first-order valence-corrected chi connectivity index (χ1v) is 7.55. The third-order valence-corrected chi connectivity index (χ3v) is 4.51. The van der Waals surface area contributed by atoms with Crippen molar-refractivity contribution in [1.29, 1.82) is 0 Å². The highest BCUT2D eigenvalue weighted by Gasteiger charge is 2.23. The second kappa shape index (κ2) is 6.34. The molecule has 1 aromatic heterocycles. The molecule has 1 saturated heterocycles. The average Bonchev–Trinajstić information content (AvgIpc) is 2.93. The Morgan fingerprint density at radius 3 is 3.05 bits per heavy atom. The Morgan fingerprint density at radius 2 is 2.42 bits per heavy atom. The molecule has 2 rings (SSSR count). The zero-order chi connectivity index (χ0) is 13.8. The fourth-order valence-electron chi connectivity index (χ4n) is 2.24. The van der Waals surface area contributed by atoms with Crippen LogP contribution in [0.1, 0.15) is 30.3 Å². The molecule has 1 aliphatic heterocycles. The molecule has 1 fully saturated rings. The van der Waals surface area contributed by atoms with Crippen molar-refractivity contribution in [2.45, 2.75) is 33.1 Å². The highest BCUT2D eigenvalue weighted by molar-refractivity contribution is 7.15. The lowest BCUT2D eigenvalue weighted by atomic mass is 10.2. The number of aromatic nitrogens is 1. The van der Waals surface area contributed by atoms with E-state index in [0.29, 0.717) is 11.0 Å². The number of carbonyl (C=O) groups excluding carboxylic acids is 1. The van der Waals surface area contributed by atoms with Gasteiger partial charge in [0.05, 0.1) is 5.69 Å². The number of hydrogen-bond acceptors (Lipinski definition) is 4. The number of hydrogen-bond donors (Lipinski definition) is 2. The maximum Gasteiger partial charge on any atom is 0.323 e. The van der Waals surface area contributed by atoms with Crippen LogP contribution in [0.3, 0.4) is 0 Å². The summed E-state index contributed by atoms with van der Waals surface area (Å²) in [6.07, 6.45) is 2.63. The third kappa shape index (κ3) is 3.67. The molecule has 19 heavy (non-hydrogen) atoms. The molecule has 0 radical (unpaired) electrons. The number of nitrogens with one attached hydrogen (secondary N) is 1. The molecule has 5 nitrogen and oxygen atoms in total. The largest absolute Gasteiger partial charge is 0.396 e. The van der Waals surface area contributed by atoms with Gasteiger partial charge in [-0.05, 0) is 32.1 Å². The van der Waals surface area contributed by atoms with Crippen molar-refractivity contribution in [3.8, 4) is 0 Å². The standard InChI is InChI=1S/C13H21N3O2S/c1-9-5-6-16(8-9)13(18)15-12-14-10(2)11(19-12)4-3-7-17/h9,17H,3-8H2,1-2H3,(H,14,15,18)/t9-/m0/s1. The summed E-state index contributed by atoms with van der Waals surface area (Å²) in [5.41, 5.74) is 0.948. The molecule has 2 heterocycles. The van der Waals surface area contributed by atoms with E-state index < -0.39 is 0 Å². The summed E-state index contributed by atoms with van der Waals surface area (Å²) < 4.78 is 0. The van der Waals surface area contributed by atoms with Gasteiger partial charge in [0.1, 0.15) is 0 Å². The highest BCUT2D eigenvalue weighted by atomic mass is 32.1. The van der Waals surface area contributed by atoms with Crippen LogP contribution in [-0.4, -0.2) is 40.7 Å². The summed E-state index contributed by atoms with van der Waals surface area (Å²) in [4.78, 5) is 19.4. The lowest BCUT2D eigenvalue weighted by Crippen LogP contribution is -2.32. The zero-order valence-corrected chi connectivity index (χ0v) is 12.3. The third-order valence-electron chi connectivity index (χ3n) is 3.38. The molecular formula is C13H21N3O2S. The van der Waals surface area contributed by atoms with Crippen LogP contribution in [0, 0.1) is 12.8 Å². The number of aliphatic hydroxyl groups is 1. The fourth-order valence-corrected chi connectivity index (χ4v) is 3.24. The summed E-state index contributed by atoms with van der Waals surface area (Å²) in [7, 11) is 0. The number of carbonyl (C=O) groups is 1. The number of amides is 2. The van der Waals surface area contributed by atoms with E-state index in [1.54, 1.807) is 0 Å². The first-order chi connectivity index (χ1) is 9.10. The number of likely N-dealkylation sites (tertiary alicyclic amines) is 1. The molecule has 2 N–H and O–H groups in total. The summed E-state index contributed by atoms with van der Waals surface area (Å²) in [5.74, 6) is 0.587. The Balaban J connectivity index is 1.93. The van der Waals surface area contributed by atoms with Crippen molar-refractivity contribution in [2.75, 3.05) is 25.0 Å². The van der Waals surface area contributed by atoms with Gasteiger partial charge in [-0.15, -0.1) is 11.3 Å². The van der Waals surface area contributed by atoms with Crippen LogP contribution in [0.4, 0.5) is 9.93 Å². The molecule has 0 bridgehead atoms. The van der Waals surface area contributed by atoms with Crippen molar-refractivity contribution in [1.82, 2.24) is 9.88 Å². The average molecular weight is 283 g/mol. The lowest BCUT2D eigenvalue weighted by Gasteiger charge is -2.15. The Morgan fingerprint density at radius 1 is 1.63 bits per heavy atom. The number of nitrogens with zero attached hydrogens (tertiary/aromatic N) is 2. The molecule has 1 aromatic rings.